The van der Waals surface area contributed by atoms with Gasteiger partial charge in [0, 0.05) is 16.1 Å². The number of carboxylic acid groups (broad SMARTS) is 1. The number of hydrogen-bond donors (Lipinski definition) is 1. The maximum absolute atomic E-state index is 10.8. The van der Waals surface area contributed by atoms with Gasteiger partial charge in [-0.3, -0.25) is 0 Å². The van der Waals surface area contributed by atoms with Crippen LogP contribution in [0.4, 0.5) is 0 Å². The highest BCUT2D eigenvalue weighted by molar-refractivity contribution is 9.10. The molecule has 0 amide bonds. The summed E-state index contributed by atoms with van der Waals surface area (Å²) in [5, 5.41) is 12.4. The minimum Gasteiger partial charge on any atom is -0.476 e. The smallest absolute Gasteiger partial charge is 0.358 e. The second-order valence-electron chi connectivity index (χ2n) is 4.33. The Hall–Kier alpha value is -1.62. The molecule has 5 heteroatoms. The van der Waals surface area contributed by atoms with Crippen LogP contribution >= 0.6 is 15.9 Å². The molecule has 1 aromatic carbocycles. The molecule has 18 heavy (non-hydrogen) atoms. The summed E-state index contributed by atoms with van der Waals surface area (Å²) in [7, 11) is 0. The molecule has 0 saturated heterocycles. The van der Waals surface area contributed by atoms with Crippen LogP contribution in [0, 0.1) is 0 Å². The zero-order valence-corrected chi connectivity index (χ0v) is 11.0. The van der Waals surface area contributed by atoms with Crippen LogP contribution in [-0.2, 0) is 12.8 Å². The Labute approximate surface area is 112 Å². The average molecular weight is 308 g/mol. The molecule has 0 radical (unpaired) electrons. The van der Waals surface area contributed by atoms with E-state index in [1.54, 1.807) is 0 Å². The fourth-order valence-electron chi connectivity index (χ4n) is 2.39. The van der Waals surface area contributed by atoms with Crippen molar-refractivity contribution in [3.63, 3.8) is 0 Å². The number of aromatic nitrogens is 1. The fourth-order valence-corrected chi connectivity index (χ4v) is 2.90. The lowest BCUT2D eigenvalue weighted by molar-refractivity contribution is 0.0686. The number of benzene rings is 1. The van der Waals surface area contributed by atoms with E-state index in [1.165, 1.54) is 17.2 Å². The van der Waals surface area contributed by atoms with Gasteiger partial charge in [-0.1, -0.05) is 21.1 Å². The number of nitrogens with zero attached hydrogens (tertiary/aromatic N) is 1. The lowest BCUT2D eigenvalue weighted by atomic mass is 10.0. The van der Waals surface area contributed by atoms with E-state index in [0.717, 1.165) is 29.3 Å². The summed E-state index contributed by atoms with van der Waals surface area (Å²) in [5.74, 6) is -0.552. The second-order valence-corrected chi connectivity index (χ2v) is 5.24. The number of carbonyl (C=O) groups is 1. The van der Waals surface area contributed by atoms with Gasteiger partial charge >= 0.3 is 5.97 Å². The summed E-state index contributed by atoms with van der Waals surface area (Å²) < 4.78 is 6.12. The van der Waals surface area contributed by atoms with Crippen LogP contribution in [0.15, 0.2) is 27.2 Å². The molecule has 92 valence electrons. The van der Waals surface area contributed by atoms with Gasteiger partial charge in [0.05, 0.1) is 0 Å². The lowest BCUT2D eigenvalue weighted by Gasteiger charge is -2.06. The maximum Gasteiger partial charge on any atom is 0.358 e. The molecule has 1 aliphatic rings. The summed E-state index contributed by atoms with van der Waals surface area (Å²) >= 11 is 3.47. The number of carboxylic acids is 1. The molecular formula is C13H10BrNO3. The van der Waals surface area contributed by atoms with E-state index in [4.69, 9.17) is 9.63 Å². The highest BCUT2D eigenvalue weighted by Gasteiger charge is 2.20. The van der Waals surface area contributed by atoms with E-state index in [2.05, 4.69) is 27.2 Å². The van der Waals surface area contributed by atoms with E-state index in [9.17, 15) is 4.79 Å². The number of halogens is 1. The van der Waals surface area contributed by atoms with Crippen molar-refractivity contribution >= 4 is 21.9 Å². The van der Waals surface area contributed by atoms with Crippen LogP contribution in [0.2, 0.25) is 0 Å². The SMILES string of the molecule is O=C(O)c1cc(-c2cc(Br)cc3c2CCC3)on1. The normalized spacial score (nSPS) is 13.6. The second kappa shape index (κ2) is 4.24. The first-order valence-electron chi connectivity index (χ1n) is 5.67. The van der Waals surface area contributed by atoms with E-state index in [-0.39, 0.29) is 5.69 Å². The molecule has 1 aromatic heterocycles. The summed E-state index contributed by atoms with van der Waals surface area (Å²) in [6, 6.07) is 5.54. The van der Waals surface area contributed by atoms with Crippen molar-refractivity contribution in [2.45, 2.75) is 19.3 Å². The first kappa shape index (κ1) is 11.5. The quantitative estimate of drug-likeness (QED) is 0.924. The number of aromatic carboxylic acids is 1. The molecule has 3 rings (SSSR count). The topological polar surface area (TPSA) is 63.3 Å². The van der Waals surface area contributed by atoms with Crippen molar-refractivity contribution in [1.82, 2.24) is 5.16 Å². The predicted molar refractivity (Wildman–Crippen MR) is 68.6 cm³/mol. The average Bonchev–Trinajstić information content (AvgIpc) is 2.95. The Morgan fingerprint density at radius 2 is 2.17 bits per heavy atom. The van der Waals surface area contributed by atoms with Crippen molar-refractivity contribution in [2.75, 3.05) is 0 Å². The van der Waals surface area contributed by atoms with Gasteiger partial charge in [0.1, 0.15) is 0 Å². The van der Waals surface area contributed by atoms with Crippen LogP contribution in [0.5, 0.6) is 0 Å². The Morgan fingerprint density at radius 1 is 1.33 bits per heavy atom. The number of fused-ring (bicyclic) bond motifs is 1. The van der Waals surface area contributed by atoms with E-state index in [1.807, 2.05) is 6.07 Å². The van der Waals surface area contributed by atoms with Gasteiger partial charge in [-0.05, 0) is 42.5 Å². The molecule has 0 fully saturated rings. The molecule has 1 heterocycles. The van der Waals surface area contributed by atoms with E-state index in [0.29, 0.717) is 5.76 Å². The predicted octanol–water partition coefficient (Wildman–Crippen LogP) is 3.29. The van der Waals surface area contributed by atoms with Gasteiger partial charge in [-0.25, -0.2) is 4.79 Å². The van der Waals surface area contributed by atoms with Gasteiger partial charge in [0.2, 0.25) is 0 Å². The highest BCUT2D eigenvalue weighted by atomic mass is 79.9. The molecule has 0 unspecified atom stereocenters. The Morgan fingerprint density at radius 3 is 2.89 bits per heavy atom. The molecular weight excluding hydrogens is 298 g/mol. The highest BCUT2D eigenvalue weighted by Crippen LogP contribution is 2.35. The lowest BCUT2D eigenvalue weighted by Crippen LogP contribution is -1.94. The van der Waals surface area contributed by atoms with Gasteiger partial charge < -0.3 is 9.63 Å². The third-order valence-corrected chi connectivity index (χ3v) is 3.63. The van der Waals surface area contributed by atoms with Crippen molar-refractivity contribution in [3.05, 3.63) is 39.5 Å². The number of hydrogen-bond acceptors (Lipinski definition) is 3. The molecule has 4 nitrogen and oxygen atoms in total. The molecule has 1 N–H and O–H groups in total. The third kappa shape index (κ3) is 1.84. The monoisotopic (exact) mass is 307 g/mol. The summed E-state index contributed by atoms with van der Waals surface area (Å²) in [5.41, 5.74) is 3.42. The van der Waals surface area contributed by atoms with Gasteiger partial charge in [0.15, 0.2) is 11.5 Å². The van der Waals surface area contributed by atoms with Crippen LogP contribution in [-0.4, -0.2) is 16.2 Å². The number of aryl methyl sites for hydroxylation is 1. The Kier molecular flexibility index (Phi) is 2.70. The standard InChI is InChI=1S/C13H10BrNO3/c14-8-4-7-2-1-3-9(7)10(5-8)12-6-11(13(16)17)15-18-12/h4-6H,1-3H2,(H,16,17). The molecule has 1 aliphatic carbocycles. The van der Waals surface area contributed by atoms with Crippen LogP contribution in [0.3, 0.4) is 0 Å². The molecule has 0 saturated carbocycles. The van der Waals surface area contributed by atoms with E-state index < -0.39 is 5.97 Å². The van der Waals surface area contributed by atoms with E-state index >= 15 is 0 Å². The first-order valence-corrected chi connectivity index (χ1v) is 6.46. The molecule has 0 aliphatic heterocycles. The first-order chi connectivity index (χ1) is 8.65. The molecule has 0 atom stereocenters. The Balaban J connectivity index is 2.13. The van der Waals surface area contributed by atoms with Crippen molar-refractivity contribution in [1.29, 1.82) is 0 Å². The maximum atomic E-state index is 10.8. The third-order valence-electron chi connectivity index (χ3n) is 3.17. The molecule has 0 bridgehead atoms. The van der Waals surface area contributed by atoms with Crippen molar-refractivity contribution in [3.8, 4) is 11.3 Å². The van der Waals surface area contributed by atoms with Gasteiger partial charge in [0.25, 0.3) is 0 Å². The van der Waals surface area contributed by atoms with Crippen molar-refractivity contribution < 1.29 is 14.4 Å². The minimum atomic E-state index is -1.07. The largest absolute Gasteiger partial charge is 0.476 e. The fraction of sp³-hybridized carbons (Fsp3) is 0.231. The summed E-state index contributed by atoms with van der Waals surface area (Å²) in [4.78, 5) is 10.8. The van der Waals surface area contributed by atoms with Gasteiger partial charge in [-0.15, -0.1) is 0 Å². The summed E-state index contributed by atoms with van der Waals surface area (Å²) in [6.07, 6.45) is 3.18. The Bertz CT molecular complexity index is 633. The zero-order valence-electron chi connectivity index (χ0n) is 9.44. The molecule has 2 aromatic rings. The molecule has 0 spiro atoms. The van der Waals surface area contributed by atoms with Crippen LogP contribution in [0.25, 0.3) is 11.3 Å². The van der Waals surface area contributed by atoms with Crippen LogP contribution in [0.1, 0.15) is 28.0 Å². The zero-order chi connectivity index (χ0) is 12.7. The van der Waals surface area contributed by atoms with Gasteiger partial charge in [-0.2, -0.15) is 0 Å². The summed E-state index contributed by atoms with van der Waals surface area (Å²) in [6.45, 7) is 0. The number of rotatable bonds is 2. The van der Waals surface area contributed by atoms with Crippen LogP contribution < -0.4 is 0 Å². The van der Waals surface area contributed by atoms with Crippen molar-refractivity contribution in [2.24, 2.45) is 0 Å². The minimum absolute atomic E-state index is 0.0586.